The lowest BCUT2D eigenvalue weighted by Gasteiger charge is -2.05. The molecule has 40 heavy (non-hydrogen) atoms. The second kappa shape index (κ2) is 11.8. The van der Waals surface area contributed by atoms with Gasteiger partial charge in [0.05, 0.1) is 5.69 Å². The number of hydrogen-bond acceptors (Lipinski definition) is 9. The maximum atomic E-state index is 13.2. The topological polar surface area (TPSA) is 90.7 Å². The van der Waals surface area contributed by atoms with E-state index < -0.39 is 0 Å². The van der Waals surface area contributed by atoms with Gasteiger partial charge >= 0.3 is 0 Å². The van der Waals surface area contributed by atoms with Crippen molar-refractivity contribution in [1.82, 2.24) is 25.4 Å². The summed E-state index contributed by atoms with van der Waals surface area (Å²) in [7, 11) is 0. The van der Waals surface area contributed by atoms with Crippen molar-refractivity contribution in [3.8, 4) is 34.0 Å². The summed E-state index contributed by atoms with van der Waals surface area (Å²) in [5, 5.41) is 17.2. The van der Waals surface area contributed by atoms with E-state index in [0.29, 0.717) is 39.3 Å². The summed E-state index contributed by atoms with van der Waals surface area (Å²) in [6.45, 7) is 0. The average Bonchev–Trinajstić information content (AvgIpc) is 3.67. The van der Waals surface area contributed by atoms with Crippen molar-refractivity contribution in [2.75, 3.05) is 0 Å². The van der Waals surface area contributed by atoms with Gasteiger partial charge in [0.15, 0.2) is 0 Å². The normalized spacial score (nSPS) is 11.2. The van der Waals surface area contributed by atoms with Crippen LogP contribution in [0.15, 0.2) is 110 Å². The molecule has 0 atom stereocenters. The first-order valence-electron chi connectivity index (χ1n) is 12.1. The largest absolute Gasteiger partial charge is 0.411 e. The van der Waals surface area contributed by atoms with Gasteiger partial charge in [-0.05, 0) is 77.4 Å². The first-order chi connectivity index (χ1) is 19.6. The fourth-order valence-electron chi connectivity index (χ4n) is 3.77. The molecule has 6 aromatic rings. The Morgan fingerprint density at radius 1 is 0.550 bits per heavy atom. The van der Waals surface area contributed by atoms with Crippen LogP contribution in [0.4, 0.5) is 8.78 Å². The lowest BCUT2D eigenvalue weighted by Crippen LogP contribution is -1.88. The molecule has 7 nitrogen and oxygen atoms in total. The Morgan fingerprint density at radius 2 is 1.07 bits per heavy atom. The number of benzene rings is 3. The van der Waals surface area contributed by atoms with E-state index in [0.717, 1.165) is 27.9 Å². The van der Waals surface area contributed by atoms with Crippen molar-refractivity contribution in [2.45, 2.75) is 22.0 Å². The van der Waals surface area contributed by atoms with Crippen molar-refractivity contribution >= 4 is 23.5 Å². The first kappa shape index (κ1) is 25.9. The van der Waals surface area contributed by atoms with E-state index in [9.17, 15) is 8.78 Å². The highest BCUT2D eigenvalue weighted by molar-refractivity contribution is 7.98. The standard InChI is InChI=1S/C29H19F2N5O2S2/c30-23-9-1-18(2-10-23)16-39-28-35-33-26(37-28)20-5-3-19(4-6-20)22-13-14-32-25(15-22)17-40-29-36-34-27(38-29)21-7-11-24(31)12-8-21/h1-15H,16-17H2. The van der Waals surface area contributed by atoms with E-state index in [2.05, 4.69) is 25.4 Å². The summed E-state index contributed by atoms with van der Waals surface area (Å²) in [6.07, 6.45) is 1.76. The molecule has 0 amide bonds. The zero-order valence-electron chi connectivity index (χ0n) is 20.7. The molecule has 0 unspecified atom stereocenters. The zero-order chi connectivity index (χ0) is 27.3. The molecule has 3 heterocycles. The Kier molecular flexibility index (Phi) is 7.64. The van der Waals surface area contributed by atoms with Crippen molar-refractivity contribution in [2.24, 2.45) is 0 Å². The predicted molar refractivity (Wildman–Crippen MR) is 148 cm³/mol. The fraction of sp³-hybridized carbons (Fsp3) is 0.0690. The average molecular weight is 572 g/mol. The third-order valence-corrected chi connectivity index (χ3v) is 7.55. The summed E-state index contributed by atoms with van der Waals surface area (Å²) in [5.41, 5.74) is 5.31. The maximum absolute atomic E-state index is 13.2. The molecule has 11 heteroatoms. The first-order valence-corrected chi connectivity index (χ1v) is 14.0. The van der Waals surface area contributed by atoms with Crippen LogP contribution in [0.3, 0.4) is 0 Å². The van der Waals surface area contributed by atoms with Crippen molar-refractivity contribution < 1.29 is 17.6 Å². The number of nitrogens with zero attached hydrogens (tertiary/aromatic N) is 5. The lowest BCUT2D eigenvalue weighted by molar-refractivity contribution is 0.465. The molecule has 6 rings (SSSR count). The van der Waals surface area contributed by atoms with E-state index in [-0.39, 0.29) is 11.6 Å². The molecule has 0 radical (unpaired) electrons. The van der Waals surface area contributed by atoms with Gasteiger partial charge in [0.2, 0.25) is 11.8 Å². The van der Waals surface area contributed by atoms with Gasteiger partial charge in [-0.15, -0.1) is 20.4 Å². The minimum atomic E-state index is -0.323. The zero-order valence-corrected chi connectivity index (χ0v) is 22.3. The molecule has 0 aliphatic rings. The number of aromatic nitrogens is 5. The van der Waals surface area contributed by atoms with Crippen LogP contribution < -0.4 is 0 Å². The van der Waals surface area contributed by atoms with Crippen LogP contribution in [-0.4, -0.2) is 25.4 Å². The Morgan fingerprint density at radius 3 is 1.70 bits per heavy atom. The number of thioether (sulfide) groups is 2. The Bertz CT molecular complexity index is 1720. The van der Waals surface area contributed by atoms with Gasteiger partial charge in [0, 0.05) is 28.8 Å². The molecule has 0 spiro atoms. The quantitative estimate of drug-likeness (QED) is 0.162. The van der Waals surface area contributed by atoms with Crippen LogP contribution in [0.5, 0.6) is 0 Å². The number of hydrogen-bond donors (Lipinski definition) is 0. The Labute approximate surface area is 236 Å². The van der Waals surface area contributed by atoms with Crippen LogP contribution in [0, 0.1) is 11.6 Å². The molecule has 0 bridgehead atoms. The molecule has 0 N–H and O–H groups in total. The van der Waals surface area contributed by atoms with Crippen molar-refractivity contribution in [3.63, 3.8) is 0 Å². The lowest BCUT2D eigenvalue weighted by atomic mass is 10.0. The van der Waals surface area contributed by atoms with E-state index in [1.165, 1.54) is 47.8 Å². The summed E-state index contributed by atoms with van der Waals surface area (Å²) in [5.74, 6) is 1.32. The van der Waals surface area contributed by atoms with Crippen LogP contribution in [0.25, 0.3) is 34.0 Å². The van der Waals surface area contributed by atoms with Gasteiger partial charge in [0.1, 0.15) is 11.6 Å². The molecule has 0 aliphatic carbocycles. The van der Waals surface area contributed by atoms with Gasteiger partial charge in [-0.25, -0.2) is 8.78 Å². The van der Waals surface area contributed by atoms with Gasteiger partial charge in [-0.3, -0.25) is 4.98 Å². The van der Waals surface area contributed by atoms with Crippen molar-refractivity contribution in [3.05, 3.63) is 114 Å². The number of rotatable bonds is 9. The molecule has 3 aromatic carbocycles. The molecule has 198 valence electrons. The SMILES string of the molecule is Fc1ccc(CSc2nnc(-c3ccc(-c4ccnc(CSc5nnc(-c6ccc(F)cc6)o5)c4)cc3)o2)cc1. The highest BCUT2D eigenvalue weighted by Crippen LogP contribution is 2.30. The molecular formula is C29H19F2N5O2S2. The van der Waals surface area contributed by atoms with Gasteiger partial charge in [-0.2, -0.15) is 0 Å². The van der Waals surface area contributed by atoms with E-state index in [4.69, 9.17) is 8.83 Å². The summed E-state index contributed by atoms with van der Waals surface area (Å²) >= 11 is 2.78. The molecular weight excluding hydrogens is 552 g/mol. The van der Waals surface area contributed by atoms with E-state index in [1.54, 1.807) is 30.5 Å². The van der Waals surface area contributed by atoms with Crippen molar-refractivity contribution in [1.29, 1.82) is 0 Å². The highest BCUT2D eigenvalue weighted by atomic mass is 32.2. The maximum Gasteiger partial charge on any atom is 0.277 e. The molecule has 0 saturated carbocycles. The summed E-state index contributed by atoms with van der Waals surface area (Å²) < 4.78 is 37.8. The van der Waals surface area contributed by atoms with Crippen LogP contribution in [0.1, 0.15) is 11.3 Å². The fourth-order valence-corrected chi connectivity index (χ4v) is 5.15. The predicted octanol–water partition coefficient (Wildman–Crippen LogP) is 7.71. The number of pyridine rings is 1. The molecule has 0 aliphatic heterocycles. The monoisotopic (exact) mass is 571 g/mol. The Balaban J connectivity index is 1.07. The van der Waals surface area contributed by atoms with Gasteiger partial charge in [0.25, 0.3) is 10.4 Å². The number of halogens is 2. The van der Waals surface area contributed by atoms with E-state index in [1.807, 2.05) is 36.4 Å². The van der Waals surface area contributed by atoms with Crippen LogP contribution in [-0.2, 0) is 11.5 Å². The minimum absolute atomic E-state index is 0.263. The second-order valence-corrected chi connectivity index (χ2v) is 10.4. The molecule has 0 saturated heterocycles. The third-order valence-electron chi connectivity index (χ3n) is 5.80. The summed E-state index contributed by atoms with van der Waals surface area (Å²) in [4.78, 5) is 4.46. The second-order valence-electron chi connectivity index (χ2n) is 8.57. The van der Waals surface area contributed by atoms with Gasteiger partial charge in [-0.1, -0.05) is 47.8 Å². The molecule has 0 fully saturated rings. The van der Waals surface area contributed by atoms with Gasteiger partial charge < -0.3 is 8.83 Å². The van der Waals surface area contributed by atoms with E-state index >= 15 is 0 Å². The Hall–Kier alpha value is -4.35. The summed E-state index contributed by atoms with van der Waals surface area (Å²) in [6, 6.07) is 24.0. The third kappa shape index (κ3) is 6.27. The smallest absolute Gasteiger partial charge is 0.277 e. The van der Waals surface area contributed by atoms with Crippen LogP contribution >= 0.6 is 23.5 Å². The minimum Gasteiger partial charge on any atom is -0.411 e. The van der Waals surface area contributed by atoms with Crippen LogP contribution in [0.2, 0.25) is 0 Å². The molecule has 3 aromatic heterocycles. The highest BCUT2D eigenvalue weighted by Gasteiger charge is 2.12.